The average molecular weight is 335 g/mol. The lowest BCUT2D eigenvalue weighted by molar-refractivity contribution is -0.138. The third-order valence-electron chi connectivity index (χ3n) is 3.36. The molecule has 0 saturated heterocycles. The SMILES string of the molecule is COC(=O)C1=C(C(=O)OC)Sc2c(c3ccccc3n2C)S1. The predicted octanol–water partition coefficient (Wildman–Crippen LogP) is 2.93. The molecule has 0 spiro atoms. The second kappa shape index (κ2) is 5.73. The van der Waals surface area contributed by atoms with E-state index in [0.717, 1.165) is 20.8 Å². The monoisotopic (exact) mass is 335 g/mol. The van der Waals surface area contributed by atoms with Gasteiger partial charge in [-0.2, -0.15) is 0 Å². The molecule has 7 heteroatoms. The zero-order valence-electron chi connectivity index (χ0n) is 12.2. The predicted molar refractivity (Wildman–Crippen MR) is 85.7 cm³/mol. The van der Waals surface area contributed by atoms with Crippen LogP contribution in [-0.4, -0.2) is 30.7 Å². The minimum absolute atomic E-state index is 0.262. The highest BCUT2D eigenvalue weighted by molar-refractivity contribution is 8.10. The molecule has 0 saturated carbocycles. The van der Waals surface area contributed by atoms with Gasteiger partial charge in [-0.05, 0) is 6.07 Å². The molecule has 0 unspecified atom stereocenters. The first-order valence-corrected chi connectivity index (χ1v) is 8.05. The molecule has 2 heterocycles. The maximum absolute atomic E-state index is 12.0. The molecule has 1 aromatic carbocycles. The number of hydrogen-bond acceptors (Lipinski definition) is 6. The van der Waals surface area contributed by atoms with E-state index in [1.54, 1.807) is 0 Å². The molecule has 0 aliphatic carbocycles. The Morgan fingerprint density at radius 2 is 1.59 bits per heavy atom. The Balaban J connectivity index is 2.20. The number of para-hydroxylation sites is 1. The number of benzene rings is 1. The highest BCUT2D eigenvalue weighted by Crippen LogP contribution is 2.51. The Labute approximate surface area is 135 Å². The van der Waals surface area contributed by atoms with Gasteiger partial charge in [0.2, 0.25) is 0 Å². The van der Waals surface area contributed by atoms with Gasteiger partial charge in [0.05, 0.1) is 24.1 Å². The summed E-state index contributed by atoms with van der Waals surface area (Å²) in [6, 6.07) is 7.91. The summed E-state index contributed by atoms with van der Waals surface area (Å²) in [6.45, 7) is 0. The van der Waals surface area contributed by atoms with Crippen molar-refractivity contribution in [3.63, 3.8) is 0 Å². The van der Waals surface area contributed by atoms with Crippen molar-refractivity contribution >= 4 is 46.4 Å². The summed E-state index contributed by atoms with van der Waals surface area (Å²) in [6.07, 6.45) is 0. The number of esters is 2. The number of carbonyl (C=O) groups excluding carboxylic acids is 2. The zero-order valence-corrected chi connectivity index (χ0v) is 13.8. The van der Waals surface area contributed by atoms with Crippen molar-refractivity contribution in [2.45, 2.75) is 9.92 Å². The number of nitrogens with zero attached hydrogens (tertiary/aromatic N) is 1. The summed E-state index contributed by atoms with van der Waals surface area (Å²) in [5.74, 6) is -1.06. The Morgan fingerprint density at radius 3 is 2.23 bits per heavy atom. The van der Waals surface area contributed by atoms with Gasteiger partial charge in [0.1, 0.15) is 9.81 Å². The van der Waals surface area contributed by atoms with Crippen molar-refractivity contribution in [1.29, 1.82) is 0 Å². The van der Waals surface area contributed by atoms with Crippen LogP contribution in [0.2, 0.25) is 0 Å². The first kappa shape index (κ1) is 15.1. The van der Waals surface area contributed by atoms with Gasteiger partial charge in [0.25, 0.3) is 0 Å². The lowest BCUT2D eigenvalue weighted by atomic mass is 10.2. The summed E-state index contributed by atoms with van der Waals surface area (Å²) in [4.78, 5) is 25.5. The summed E-state index contributed by atoms with van der Waals surface area (Å²) in [5.41, 5.74) is 1.04. The zero-order chi connectivity index (χ0) is 15.9. The Morgan fingerprint density at radius 1 is 1.00 bits per heavy atom. The minimum Gasteiger partial charge on any atom is -0.465 e. The minimum atomic E-state index is -0.534. The maximum Gasteiger partial charge on any atom is 0.346 e. The van der Waals surface area contributed by atoms with Crippen LogP contribution in [0.15, 0.2) is 44.0 Å². The molecular formula is C15H13NO4S2. The second-order valence-corrected chi connectivity index (χ2v) is 6.58. The molecule has 0 amide bonds. The fraction of sp³-hybridized carbons (Fsp3) is 0.200. The molecule has 2 aromatic rings. The second-order valence-electron chi connectivity index (χ2n) is 4.56. The first-order valence-electron chi connectivity index (χ1n) is 6.42. The molecule has 3 rings (SSSR count). The van der Waals surface area contributed by atoms with E-state index in [1.165, 1.54) is 37.7 Å². The standard InChI is InChI=1S/C15H13NO4S2/c1-16-9-7-5-4-6-8(9)10-13(16)22-12(15(18)20-3)11(21-10)14(17)19-2/h4-7H,1-3H3. The van der Waals surface area contributed by atoms with Gasteiger partial charge < -0.3 is 14.0 Å². The molecular weight excluding hydrogens is 322 g/mol. The number of methoxy groups -OCH3 is 2. The summed E-state index contributed by atoms with van der Waals surface area (Å²) >= 11 is 2.49. The Bertz CT molecular complexity index is 822. The molecule has 0 fully saturated rings. The van der Waals surface area contributed by atoms with Crippen molar-refractivity contribution in [3.05, 3.63) is 34.1 Å². The van der Waals surface area contributed by atoms with E-state index in [-0.39, 0.29) is 9.81 Å². The van der Waals surface area contributed by atoms with Crippen LogP contribution in [0.4, 0.5) is 0 Å². The smallest absolute Gasteiger partial charge is 0.346 e. The molecule has 0 atom stereocenters. The highest BCUT2D eigenvalue weighted by Gasteiger charge is 2.33. The van der Waals surface area contributed by atoms with Crippen molar-refractivity contribution in [2.75, 3.05) is 14.2 Å². The van der Waals surface area contributed by atoms with Crippen LogP contribution < -0.4 is 0 Å². The number of rotatable bonds is 2. The Hall–Kier alpha value is -1.86. The average Bonchev–Trinajstić information content (AvgIpc) is 2.85. The van der Waals surface area contributed by atoms with E-state index in [4.69, 9.17) is 9.47 Å². The van der Waals surface area contributed by atoms with Gasteiger partial charge in [-0.3, -0.25) is 0 Å². The van der Waals surface area contributed by atoms with Crippen molar-refractivity contribution in [2.24, 2.45) is 7.05 Å². The molecule has 1 aromatic heterocycles. The lowest BCUT2D eigenvalue weighted by Gasteiger charge is -2.17. The number of thioether (sulfide) groups is 2. The van der Waals surface area contributed by atoms with Crippen LogP contribution in [0.5, 0.6) is 0 Å². The van der Waals surface area contributed by atoms with Crippen molar-refractivity contribution < 1.29 is 19.1 Å². The topological polar surface area (TPSA) is 57.5 Å². The first-order chi connectivity index (χ1) is 10.6. The van der Waals surface area contributed by atoms with Gasteiger partial charge in [-0.15, -0.1) is 0 Å². The van der Waals surface area contributed by atoms with E-state index in [9.17, 15) is 9.59 Å². The highest BCUT2D eigenvalue weighted by atomic mass is 32.2. The van der Waals surface area contributed by atoms with Crippen molar-refractivity contribution in [3.8, 4) is 0 Å². The van der Waals surface area contributed by atoms with Gasteiger partial charge in [-0.1, -0.05) is 41.7 Å². The number of carbonyl (C=O) groups is 2. The molecule has 1 aliphatic rings. The maximum atomic E-state index is 12.0. The van der Waals surface area contributed by atoms with Crippen LogP contribution in [0, 0.1) is 0 Å². The van der Waals surface area contributed by atoms with Crippen LogP contribution in [-0.2, 0) is 26.1 Å². The van der Waals surface area contributed by atoms with Crippen LogP contribution >= 0.6 is 23.5 Å². The lowest BCUT2D eigenvalue weighted by Crippen LogP contribution is -2.13. The van der Waals surface area contributed by atoms with E-state index in [0.29, 0.717) is 0 Å². The third kappa shape index (κ3) is 2.21. The molecule has 22 heavy (non-hydrogen) atoms. The summed E-state index contributed by atoms with van der Waals surface area (Å²) < 4.78 is 11.6. The number of hydrogen-bond donors (Lipinski definition) is 0. The van der Waals surface area contributed by atoms with Gasteiger partial charge in [-0.25, -0.2) is 9.59 Å². The quantitative estimate of drug-likeness (QED) is 0.787. The van der Waals surface area contributed by atoms with Gasteiger partial charge >= 0.3 is 11.9 Å². The number of aromatic nitrogens is 1. The van der Waals surface area contributed by atoms with Gasteiger partial charge in [0.15, 0.2) is 0 Å². The number of fused-ring (bicyclic) bond motifs is 3. The van der Waals surface area contributed by atoms with E-state index in [1.807, 2.05) is 35.9 Å². The summed E-state index contributed by atoms with van der Waals surface area (Å²) in [7, 11) is 4.54. The fourth-order valence-corrected chi connectivity index (χ4v) is 4.82. The number of aryl methyl sites for hydroxylation is 1. The molecule has 5 nitrogen and oxygen atoms in total. The van der Waals surface area contributed by atoms with Gasteiger partial charge in [0, 0.05) is 18.0 Å². The number of ether oxygens (including phenoxy) is 2. The van der Waals surface area contributed by atoms with Crippen LogP contribution in [0.1, 0.15) is 0 Å². The normalized spacial score (nSPS) is 14.0. The molecule has 0 radical (unpaired) electrons. The fourth-order valence-electron chi connectivity index (χ4n) is 2.29. The largest absolute Gasteiger partial charge is 0.465 e. The Kier molecular flexibility index (Phi) is 3.92. The van der Waals surface area contributed by atoms with Crippen molar-refractivity contribution in [1.82, 2.24) is 4.57 Å². The van der Waals surface area contributed by atoms with Crippen LogP contribution in [0.3, 0.4) is 0 Å². The molecule has 114 valence electrons. The molecule has 0 bridgehead atoms. The molecule has 0 N–H and O–H groups in total. The van der Waals surface area contributed by atoms with E-state index in [2.05, 4.69) is 0 Å². The van der Waals surface area contributed by atoms with Crippen LogP contribution in [0.25, 0.3) is 10.9 Å². The van der Waals surface area contributed by atoms with E-state index >= 15 is 0 Å². The molecule has 1 aliphatic heterocycles. The van der Waals surface area contributed by atoms with E-state index < -0.39 is 11.9 Å². The summed E-state index contributed by atoms with van der Waals surface area (Å²) in [5, 5.41) is 1.96. The third-order valence-corrected chi connectivity index (χ3v) is 6.06.